The lowest BCUT2D eigenvalue weighted by Crippen LogP contribution is -2.53. The second-order valence-electron chi connectivity index (χ2n) is 7.85. The van der Waals surface area contributed by atoms with Crippen LogP contribution in [0.2, 0.25) is 0 Å². The number of hydrogen-bond acceptors (Lipinski definition) is 5. The van der Waals surface area contributed by atoms with Crippen molar-refractivity contribution in [2.75, 3.05) is 0 Å². The molecule has 7 heteroatoms. The molecule has 2 fully saturated rings. The van der Waals surface area contributed by atoms with Crippen LogP contribution < -0.4 is 5.32 Å². The number of nitrogens with zero attached hydrogens (tertiary/aromatic N) is 2. The van der Waals surface area contributed by atoms with Gasteiger partial charge in [-0.05, 0) is 30.9 Å². The van der Waals surface area contributed by atoms with Gasteiger partial charge in [0, 0.05) is 18.0 Å². The summed E-state index contributed by atoms with van der Waals surface area (Å²) in [5, 5.41) is 5.60. The fourth-order valence-electron chi connectivity index (χ4n) is 4.07. The van der Waals surface area contributed by atoms with Gasteiger partial charge in [0.2, 0.25) is 5.72 Å². The number of hydrazine groups is 1. The highest BCUT2D eigenvalue weighted by molar-refractivity contribution is 5.71. The lowest BCUT2D eigenvalue weighted by Gasteiger charge is -2.37. The minimum atomic E-state index is -0.933. The molecule has 1 aliphatic heterocycles. The lowest BCUT2D eigenvalue weighted by molar-refractivity contribution is -0.301. The third-order valence-electron chi connectivity index (χ3n) is 5.67. The highest BCUT2D eigenvalue weighted by atomic mass is 16.8. The van der Waals surface area contributed by atoms with Crippen molar-refractivity contribution in [1.29, 1.82) is 0 Å². The quantitative estimate of drug-likeness (QED) is 0.759. The summed E-state index contributed by atoms with van der Waals surface area (Å²) in [4.78, 5) is 31.2. The van der Waals surface area contributed by atoms with Crippen molar-refractivity contribution in [1.82, 2.24) is 15.5 Å². The van der Waals surface area contributed by atoms with Gasteiger partial charge in [-0.15, -0.1) is 0 Å². The summed E-state index contributed by atoms with van der Waals surface area (Å²) in [6.07, 6.45) is 3.04. The van der Waals surface area contributed by atoms with Crippen LogP contribution in [0.3, 0.4) is 0 Å². The molecule has 2 aromatic rings. The largest absolute Gasteiger partial charge is 0.429 e. The van der Waals surface area contributed by atoms with Crippen molar-refractivity contribution in [2.45, 2.75) is 57.3 Å². The molecule has 1 atom stereocenters. The Kier molecular flexibility index (Phi) is 5.90. The fourth-order valence-corrected chi connectivity index (χ4v) is 4.07. The maximum Gasteiger partial charge on any atom is 0.429 e. The fraction of sp³-hybridized carbons (Fsp3) is 0.391. The van der Waals surface area contributed by atoms with Crippen LogP contribution in [0.5, 0.6) is 0 Å². The summed E-state index contributed by atoms with van der Waals surface area (Å²) in [5.74, 6) is 0. The van der Waals surface area contributed by atoms with E-state index in [9.17, 15) is 9.59 Å². The zero-order valence-electron chi connectivity index (χ0n) is 17.1. The molecule has 1 spiro atoms. The molecule has 0 bridgehead atoms. The number of hydrogen-bond donors (Lipinski definition) is 1. The molecule has 1 aliphatic carbocycles. The van der Waals surface area contributed by atoms with Gasteiger partial charge in [-0.2, -0.15) is 5.01 Å². The SMILES string of the molecule is CC(NC(=O)ON1N(Cc2ccccc2)C(=O)OC12CCCCC2)c1ccccc1. The Hall–Kier alpha value is -3.06. The van der Waals surface area contributed by atoms with E-state index in [1.54, 1.807) is 0 Å². The predicted octanol–water partition coefficient (Wildman–Crippen LogP) is 4.92. The van der Waals surface area contributed by atoms with Gasteiger partial charge in [0.05, 0.1) is 12.6 Å². The first-order valence-corrected chi connectivity index (χ1v) is 10.5. The van der Waals surface area contributed by atoms with Crippen molar-refractivity contribution in [2.24, 2.45) is 0 Å². The van der Waals surface area contributed by atoms with Gasteiger partial charge < -0.3 is 14.9 Å². The van der Waals surface area contributed by atoms with Crippen molar-refractivity contribution < 1.29 is 19.2 Å². The van der Waals surface area contributed by atoms with E-state index < -0.39 is 17.9 Å². The highest BCUT2D eigenvalue weighted by Gasteiger charge is 2.55. The van der Waals surface area contributed by atoms with Crippen LogP contribution in [0, 0.1) is 0 Å². The van der Waals surface area contributed by atoms with Gasteiger partial charge in [-0.1, -0.05) is 67.1 Å². The molecule has 2 amide bonds. The molecule has 158 valence electrons. The van der Waals surface area contributed by atoms with Crippen LogP contribution >= 0.6 is 0 Å². The summed E-state index contributed by atoms with van der Waals surface area (Å²) < 4.78 is 5.79. The van der Waals surface area contributed by atoms with Crippen LogP contribution in [0.4, 0.5) is 9.59 Å². The summed E-state index contributed by atoms with van der Waals surface area (Å²) in [7, 11) is 0. The number of carbonyl (C=O) groups excluding carboxylic acids is 2. The van der Waals surface area contributed by atoms with Crippen molar-refractivity contribution >= 4 is 12.2 Å². The molecule has 1 saturated heterocycles. The van der Waals surface area contributed by atoms with Crippen molar-refractivity contribution in [3.05, 3.63) is 71.8 Å². The Morgan fingerprint density at radius 3 is 2.37 bits per heavy atom. The molecule has 4 rings (SSSR count). The third-order valence-corrected chi connectivity index (χ3v) is 5.67. The predicted molar refractivity (Wildman–Crippen MR) is 111 cm³/mol. The Bertz CT molecular complexity index is 869. The van der Waals surface area contributed by atoms with E-state index in [-0.39, 0.29) is 12.6 Å². The smallest absolute Gasteiger partial charge is 0.421 e. The number of ether oxygens (including phenoxy) is 1. The van der Waals surface area contributed by atoms with Gasteiger partial charge in [-0.25, -0.2) is 9.59 Å². The standard InChI is InChI=1S/C23H27N3O4/c1-18(20-13-7-3-8-14-20)24-21(27)30-26-23(15-9-4-10-16-23)29-22(28)25(26)17-19-11-5-2-6-12-19/h2-3,5-8,11-14,18H,4,9-10,15-17H2,1H3,(H,24,27). The van der Waals surface area contributed by atoms with Gasteiger partial charge >= 0.3 is 12.2 Å². The Balaban J connectivity index is 1.52. The van der Waals surface area contributed by atoms with E-state index in [0.29, 0.717) is 12.8 Å². The van der Waals surface area contributed by atoms with Crippen molar-refractivity contribution in [3.63, 3.8) is 0 Å². The van der Waals surface area contributed by atoms with E-state index in [2.05, 4.69) is 5.32 Å². The molecule has 30 heavy (non-hydrogen) atoms. The molecule has 1 unspecified atom stereocenters. The Morgan fingerprint density at radius 1 is 1.07 bits per heavy atom. The summed E-state index contributed by atoms with van der Waals surface area (Å²) in [6, 6.07) is 19.0. The van der Waals surface area contributed by atoms with Gasteiger partial charge in [0.1, 0.15) is 0 Å². The molecule has 2 aromatic carbocycles. The molecular weight excluding hydrogens is 382 g/mol. The van der Waals surface area contributed by atoms with Gasteiger partial charge in [-0.3, -0.25) is 0 Å². The maximum absolute atomic E-state index is 12.7. The number of hydroxylamine groups is 1. The maximum atomic E-state index is 12.7. The summed E-state index contributed by atoms with van der Waals surface area (Å²) in [5.41, 5.74) is 0.961. The first kappa shape index (κ1) is 20.2. The van der Waals surface area contributed by atoms with Crippen LogP contribution in [-0.2, 0) is 16.1 Å². The number of rotatable bonds is 5. The zero-order chi connectivity index (χ0) is 21.0. The van der Waals surface area contributed by atoms with Crippen LogP contribution in [0.15, 0.2) is 60.7 Å². The minimum Gasteiger partial charge on any atom is -0.421 e. The van der Waals surface area contributed by atoms with Gasteiger partial charge in [0.15, 0.2) is 0 Å². The first-order valence-electron chi connectivity index (χ1n) is 10.5. The van der Waals surface area contributed by atoms with Gasteiger partial charge in [0.25, 0.3) is 0 Å². The first-order chi connectivity index (χ1) is 14.6. The molecule has 0 radical (unpaired) electrons. The average molecular weight is 409 g/mol. The Morgan fingerprint density at radius 2 is 1.70 bits per heavy atom. The van der Waals surface area contributed by atoms with E-state index in [1.807, 2.05) is 67.6 Å². The van der Waals surface area contributed by atoms with Crippen LogP contribution in [-0.4, -0.2) is 28.1 Å². The third kappa shape index (κ3) is 4.26. The highest BCUT2D eigenvalue weighted by Crippen LogP contribution is 2.41. The second-order valence-corrected chi connectivity index (χ2v) is 7.85. The number of amides is 2. The molecule has 0 aromatic heterocycles. The molecule has 2 aliphatic rings. The molecule has 1 N–H and O–H groups in total. The van der Waals surface area contributed by atoms with E-state index in [1.165, 1.54) is 10.2 Å². The van der Waals surface area contributed by atoms with E-state index in [4.69, 9.17) is 9.57 Å². The molecular formula is C23H27N3O4. The monoisotopic (exact) mass is 409 g/mol. The average Bonchev–Trinajstić information content (AvgIpc) is 3.00. The number of carbonyl (C=O) groups is 2. The normalized spacial score (nSPS) is 19.4. The summed E-state index contributed by atoms with van der Waals surface area (Å²) >= 11 is 0. The zero-order valence-corrected chi connectivity index (χ0v) is 17.1. The van der Waals surface area contributed by atoms with E-state index >= 15 is 0 Å². The topological polar surface area (TPSA) is 71.1 Å². The number of nitrogens with one attached hydrogen (secondary N) is 1. The Labute approximate surface area is 176 Å². The van der Waals surface area contributed by atoms with Crippen LogP contribution in [0.25, 0.3) is 0 Å². The van der Waals surface area contributed by atoms with Crippen LogP contribution in [0.1, 0.15) is 56.2 Å². The molecule has 1 saturated carbocycles. The number of benzene rings is 2. The molecule has 7 nitrogen and oxygen atoms in total. The minimum absolute atomic E-state index is 0.234. The second kappa shape index (κ2) is 8.75. The molecule has 1 heterocycles. The van der Waals surface area contributed by atoms with Crippen molar-refractivity contribution in [3.8, 4) is 0 Å². The van der Waals surface area contributed by atoms with E-state index in [0.717, 1.165) is 30.4 Å². The summed E-state index contributed by atoms with van der Waals surface area (Å²) in [6.45, 7) is 2.16. The lowest BCUT2D eigenvalue weighted by atomic mass is 9.92.